The van der Waals surface area contributed by atoms with Crippen molar-refractivity contribution in [1.82, 2.24) is 20.2 Å². The number of hydrogen-bond donors (Lipinski definition) is 2. The van der Waals surface area contributed by atoms with Crippen LogP contribution >= 0.6 is 23.1 Å². The zero-order valence-corrected chi connectivity index (χ0v) is 16.3. The van der Waals surface area contributed by atoms with Crippen molar-refractivity contribution < 1.29 is 0 Å². The van der Waals surface area contributed by atoms with Gasteiger partial charge in [-0.1, -0.05) is 31.0 Å². The number of thioether (sulfide) groups is 1. The summed E-state index contributed by atoms with van der Waals surface area (Å²) >= 11 is 3.52. The average molecular weight is 386 g/mol. The van der Waals surface area contributed by atoms with Crippen LogP contribution in [-0.2, 0) is 6.42 Å². The lowest BCUT2D eigenvalue weighted by Gasteiger charge is -2.20. The van der Waals surface area contributed by atoms with Gasteiger partial charge in [-0.15, -0.1) is 11.3 Å². The summed E-state index contributed by atoms with van der Waals surface area (Å²) in [6, 6.07) is 4.20. The first-order chi connectivity index (χ1) is 12.8. The van der Waals surface area contributed by atoms with Gasteiger partial charge >= 0.3 is 0 Å². The minimum Gasteiger partial charge on any atom is -0.322 e. The fourth-order valence-corrected chi connectivity index (χ4v) is 5.53. The lowest BCUT2D eigenvalue weighted by Crippen LogP contribution is -2.09. The second-order valence-corrected chi connectivity index (χ2v) is 9.60. The topological polar surface area (TPSA) is 66.5 Å². The molecule has 0 bridgehead atoms. The molecule has 0 aliphatic heterocycles. The maximum atomic E-state index is 4.84. The molecule has 2 aliphatic carbocycles. The Morgan fingerprint density at radius 2 is 2.04 bits per heavy atom. The second kappa shape index (κ2) is 7.19. The van der Waals surface area contributed by atoms with Crippen molar-refractivity contribution in [3.05, 3.63) is 23.2 Å². The lowest BCUT2D eigenvalue weighted by molar-refractivity contribution is 0.515. The molecule has 0 aromatic carbocycles. The Balaban J connectivity index is 1.38. The van der Waals surface area contributed by atoms with E-state index < -0.39 is 0 Å². The maximum absolute atomic E-state index is 4.84. The van der Waals surface area contributed by atoms with Gasteiger partial charge in [-0.25, -0.2) is 9.97 Å². The molecule has 3 aromatic rings. The van der Waals surface area contributed by atoms with Crippen molar-refractivity contribution >= 4 is 45.0 Å². The third-order valence-corrected chi connectivity index (χ3v) is 7.30. The third kappa shape index (κ3) is 3.74. The summed E-state index contributed by atoms with van der Waals surface area (Å²) < 4.78 is 1.10. The Labute approximate surface area is 161 Å². The van der Waals surface area contributed by atoms with E-state index in [1.807, 2.05) is 11.8 Å². The summed E-state index contributed by atoms with van der Waals surface area (Å²) in [7, 11) is 0. The molecule has 0 spiro atoms. The molecule has 3 heterocycles. The van der Waals surface area contributed by atoms with Gasteiger partial charge in [-0.3, -0.25) is 5.10 Å². The number of nitrogens with zero attached hydrogens (tertiary/aromatic N) is 3. The van der Waals surface area contributed by atoms with Gasteiger partial charge < -0.3 is 5.32 Å². The molecule has 0 atom stereocenters. The minimum absolute atomic E-state index is 0.656. The van der Waals surface area contributed by atoms with Crippen LogP contribution in [0.15, 0.2) is 22.7 Å². The van der Waals surface area contributed by atoms with Crippen LogP contribution in [0.3, 0.4) is 0 Å². The van der Waals surface area contributed by atoms with Crippen molar-refractivity contribution in [1.29, 1.82) is 0 Å². The largest absolute Gasteiger partial charge is 0.322 e. The number of nitrogens with one attached hydrogen (secondary N) is 2. The lowest BCUT2D eigenvalue weighted by atomic mass is 10.0. The highest BCUT2D eigenvalue weighted by Crippen LogP contribution is 2.36. The van der Waals surface area contributed by atoms with Gasteiger partial charge in [0.2, 0.25) is 0 Å². The van der Waals surface area contributed by atoms with E-state index in [4.69, 9.17) is 9.97 Å². The molecule has 5 nitrogen and oxygen atoms in total. The van der Waals surface area contributed by atoms with Crippen molar-refractivity contribution in [2.75, 3.05) is 5.32 Å². The summed E-state index contributed by atoms with van der Waals surface area (Å²) in [6.07, 6.45) is 10.4. The summed E-state index contributed by atoms with van der Waals surface area (Å²) in [5, 5.41) is 14.7. The monoisotopic (exact) mass is 385 g/mol. The standard InChI is InChI=1S/C19H23N5S2/c1-2-4-14(5-3-1)26-19-20-15-8-9-25-17(15)18(22-19)21-16-11-13(23-24-16)10-12-6-7-12/h8-9,11-12,14H,1-7,10H2,(H2,20,21,22,23,24). The summed E-state index contributed by atoms with van der Waals surface area (Å²) in [4.78, 5) is 9.62. The van der Waals surface area contributed by atoms with Gasteiger partial charge in [0.1, 0.15) is 0 Å². The van der Waals surface area contributed by atoms with Crippen LogP contribution in [0.4, 0.5) is 11.6 Å². The zero-order chi connectivity index (χ0) is 17.3. The minimum atomic E-state index is 0.656. The number of aromatic nitrogens is 4. The van der Waals surface area contributed by atoms with Crippen LogP contribution < -0.4 is 5.32 Å². The smallest absolute Gasteiger partial charge is 0.190 e. The van der Waals surface area contributed by atoms with Gasteiger partial charge in [0.25, 0.3) is 0 Å². The maximum Gasteiger partial charge on any atom is 0.190 e. The van der Waals surface area contributed by atoms with E-state index >= 15 is 0 Å². The third-order valence-electron chi connectivity index (χ3n) is 5.19. The van der Waals surface area contributed by atoms with Crippen LogP contribution in [-0.4, -0.2) is 25.4 Å². The first-order valence-electron chi connectivity index (χ1n) is 9.57. The van der Waals surface area contributed by atoms with E-state index in [1.54, 1.807) is 11.3 Å². The molecule has 5 rings (SSSR count). The van der Waals surface area contributed by atoms with E-state index in [0.29, 0.717) is 5.25 Å². The highest BCUT2D eigenvalue weighted by molar-refractivity contribution is 7.99. The van der Waals surface area contributed by atoms with Crippen molar-refractivity contribution in [2.24, 2.45) is 5.92 Å². The molecule has 3 aromatic heterocycles. The zero-order valence-electron chi connectivity index (χ0n) is 14.7. The Morgan fingerprint density at radius 1 is 1.15 bits per heavy atom. The number of fused-ring (bicyclic) bond motifs is 1. The SMILES string of the molecule is c1cc2nc(SC3CCCCC3)nc(Nc3cc(CC4CC4)[nH]n3)c2s1. The molecule has 7 heteroatoms. The molecular weight excluding hydrogens is 362 g/mol. The van der Waals surface area contributed by atoms with Gasteiger partial charge in [0, 0.05) is 17.0 Å². The van der Waals surface area contributed by atoms with Crippen LogP contribution in [0, 0.1) is 5.92 Å². The number of H-pyrrole nitrogens is 1. The van der Waals surface area contributed by atoms with E-state index in [0.717, 1.165) is 39.3 Å². The quantitative estimate of drug-likeness (QED) is 0.546. The fraction of sp³-hybridized carbons (Fsp3) is 0.526. The first kappa shape index (κ1) is 16.6. The number of aromatic amines is 1. The molecule has 0 radical (unpaired) electrons. The predicted molar refractivity (Wildman–Crippen MR) is 108 cm³/mol. The predicted octanol–water partition coefficient (Wildman–Crippen LogP) is 5.54. The number of anilines is 2. The molecule has 2 aliphatic rings. The molecule has 2 saturated carbocycles. The average Bonchev–Trinajstić information content (AvgIpc) is 3.14. The van der Waals surface area contributed by atoms with Gasteiger partial charge in [0.05, 0.1) is 10.2 Å². The molecule has 0 amide bonds. The van der Waals surface area contributed by atoms with Crippen LogP contribution in [0.25, 0.3) is 10.2 Å². The van der Waals surface area contributed by atoms with E-state index in [9.17, 15) is 0 Å². The Kier molecular flexibility index (Phi) is 4.58. The summed E-state index contributed by atoms with van der Waals surface area (Å²) in [6.45, 7) is 0. The van der Waals surface area contributed by atoms with Crippen LogP contribution in [0.5, 0.6) is 0 Å². The molecule has 2 N–H and O–H groups in total. The van der Waals surface area contributed by atoms with Crippen molar-refractivity contribution in [2.45, 2.75) is 61.8 Å². The van der Waals surface area contributed by atoms with Crippen LogP contribution in [0.1, 0.15) is 50.6 Å². The highest BCUT2D eigenvalue weighted by atomic mass is 32.2. The molecule has 2 fully saturated rings. The molecular formula is C19H23N5S2. The fourth-order valence-electron chi connectivity index (χ4n) is 3.60. The molecule has 136 valence electrons. The molecule has 0 saturated heterocycles. The van der Waals surface area contributed by atoms with E-state index in [-0.39, 0.29) is 0 Å². The molecule has 0 unspecified atom stereocenters. The van der Waals surface area contributed by atoms with Crippen LogP contribution in [0.2, 0.25) is 0 Å². The number of rotatable bonds is 6. The Hall–Kier alpha value is -1.60. The highest BCUT2D eigenvalue weighted by Gasteiger charge is 2.23. The summed E-state index contributed by atoms with van der Waals surface area (Å²) in [5.41, 5.74) is 2.24. The Bertz CT molecular complexity index is 892. The second-order valence-electron chi connectivity index (χ2n) is 7.42. The van der Waals surface area contributed by atoms with Gasteiger partial charge in [-0.2, -0.15) is 5.10 Å². The number of thiophene rings is 1. The van der Waals surface area contributed by atoms with E-state index in [2.05, 4.69) is 33.0 Å². The Morgan fingerprint density at radius 3 is 2.88 bits per heavy atom. The van der Waals surface area contributed by atoms with Crippen molar-refractivity contribution in [3.63, 3.8) is 0 Å². The van der Waals surface area contributed by atoms with Gasteiger partial charge in [0.15, 0.2) is 16.8 Å². The first-order valence-corrected chi connectivity index (χ1v) is 11.3. The molecule has 26 heavy (non-hydrogen) atoms. The summed E-state index contributed by atoms with van der Waals surface area (Å²) in [5.74, 6) is 2.58. The normalized spacial score (nSPS) is 18.5. The van der Waals surface area contributed by atoms with Gasteiger partial charge in [-0.05, 0) is 49.5 Å². The van der Waals surface area contributed by atoms with E-state index in [1.165, 1.54) is 50.6 Å². The van der Waals surface area contributed by atoms with Crippen molar-refractivity contribution in [3.8, 4) is 0 Å². The number of hydrogen-bond acceptors (Lipinski definition) is 6.